The molecule has 2 aromatic rings. The van der Waals surface area contributed by atoms with E-state index in [9.17, 15) is 10.2 Å². The maximum Gasteiger partial charge on any atom is 0.127 e. The Bertz CT molecular complexity index is 655. The number of hydrogen-bond acceptors (Lipinski definition) is 4. The van der Waals surface area contributed by atoms with Gasteiger partial charge >= 0.3 is 0 Å². The summed E-state index contributed by atoms with van der Waals surface area (Å²) in [4.78, 5) is 0. The van der Waals surface area contributed by atoms with Gasteiger partial charge in [0.05, 0.1) is 12.2 Å². The van der Waals surface area contributed by atoms with Gasteiger partial charge in [-0.1, -0.05) is 89.5 Å². The van der Waals surface area contributed by atoms with Crippen LogP contribution in [-0.4, -0.2) is 35.6 Å². The molecule has 0 saturated carbocycles. The highest BCUT2D eigenvalue weighted by atomic mass is 16.5. The lowest BCUT2D eigenvalue weighted by molar-refractivity contribution is 0.0967. The SMILES string of the molecule is CCCCCCC(O)COc1ccc(OCC(O)CCCCCC)c2ccccc12. The van der Waals surface area contributed by atoms with Gasteiger partial charge in [0.1, 0.15) is 24.7 Å². The Morgan fingerprint density at radius 2 is 1.07 bits per heavy atom. The van der Waals surface area contributed by atoms with Gasteiger partial charge < -0.3 is 19.7 Å². The van der Waals surface area contributed by atoms with Gasteiger partial charge in [-0.2, -0.15) is 0 Å². The molecule has 0 radical (unpaired) electrons. The molecule has 4 nitrogen and oxygen atoms in total. The van der Waals surface area contributed by atoms with Crippen LogP contribution in [0.1, 0.15) is 78.1 Å². The minimum absolute atomic E-state index is 0.298. The zero-order valence-corrected chi connectivity index (χ0v) is 18.8. The lowest BCUT2D eigenvalue weighted by Gasteiger charge is -2.17. The van der Waals surface area contributed by atoms with Crippen molar-refractivity contribution < 1.29 is 19.7 Å². The minimum Gasteiger partial charge on any atom is -0.490 e. The van der Waals surface area contributed by atoms with Crippen molar-refractivity contribution in [3.05, 3.63) is 36.4 Å². The third-order valence-corrected chi connectivity index (χ3v) is 5.49. The number of fused-ring (bicyclic) bond motifs is 1. The summed E-state index contributed by atoms with van der Waals surface area (Å²) < 4.78 is 11.9. The van der Waals surface area contributed by atoms with E-state index in [4.69, 9.17) is 9.47 Å². The van der Waals surface area contributed by atoms with Crippen molar-refractivity contribution in [3.63, 3.8) is 0 Å². The first-order valence-corrected chi connectivity index (χ1v) is 11.8. The summed E-state index contributed by atoms with van der Waals surface area (Å²) in [6.45, 7) is 4.97. The van der Waals surface area contributed by atoms with Crippen molar-refractivity contribution in [1.29, 1.82) is 0 Å². The Hall–Kier alpha value is -1.78. The Morgan fingerprint density at radius 3 is 1.47 bits per heavy atom. The van der Waals surface area contributed by atoms with Gasteiger partial charge in [-0.3, -0.25) is 0 Å². The highest BCUT2D eigenvalue weighted by Gasteiger charge is 2.12. The Kier molecular flexibility index (Phi) is 11.6. The fourth-order valence-electron chi connectivity index (χ4n) is 3.65. The molecule has 0 aliphatic rings. The van der Waals surface area contributed by atoms with E-state index >= 15 is 0 Å². The number of ether oxygens (including phenoxy) is 2. The van der Waals surface area contributed by atoms with Crippen LogP contribution in [0.4, 0.5) is 0 Å². The molecule has 0 heterocycles. The van der Waals surface area contributed by atoms with Gasteiger partial charge in [0.2, 0.25) is 0 Å². The summed E-state index contributed by atoms with van der Waals surface area (Å²) in [6, 6.07) is 11.8. The summed E-state index contributed by atoms with van der Waals surface area (Å²) >= 11 is 0. The van der Waals surface area contributed by atoms with Gasteiger partial charge in [0.15, 0.2) is 0 Å². The molecule has 0 bridgehead atoms. The second kappa shape index (κ2) is 14.3. The van der Waals surface area contributed by atoms with Crippen LogP contribution in [0.3, 0.4) is 0 Å². The first-order chi connectivity index (χ1) is 14.7. The monoisotopic (exact) mass is 416 g/mol. The number of unbranched alkanes of at least 4 members (excludes halogenated alkanes) is 6. The molecule has 0 aliphatic heterocycles. The average molecular weight is 417 g/mol. The molecule has 0 aromatic heterocycles. The van der Waals surface area contributed by atoms with Crippen LogP contribution in [0.15, 0.2) is 36.4 Å². The normalized spacial score (nSPS) is 13.3. The Labute approximate surface area is 182 Å². The van der Waals surface area contributed by atoms with E-state index in [-0.39, 0.29) is 0 Å². The van der Waals surface area contributed by atoms with E-state index in [2.05, 4.69) is 13.8 Å². The summed E-state index contributed by atoms with van der Waals surface area (Å²) in [5, 5.41) is 22.3. The van der Waals surface area contributed by atoms with Crippen molar-refractivity contribution in [2.45, 2.75) is 90.3 Å². The van der Waals surface area contributed by atoms with Crippen LogP contribution >= 0.6 is 0 Å². The predicted molar refractivity (Wildman–Crippen MR) is 124 cm³/mol. The van der Waals surface area contributed by atoms with Crippen molar-refractivity contribution in [3.8, 4) is 11.5 Å². The van der Waals surface area contributed by atoms with Gasteiger partial charge in [-0.15, -0.1) is 0 Å². The standard InChI is InChI=1S/C26H40O4/c1-3-5-7-9-13-21(27)19-29-25-17-18-26(24-16-12-11-15-23(24)25)30-20-22(28)14-10-8-6-4-2/h11-12,15-18,21-22,27-28H,3-10,13-14,19-20H2,1-2H3. The molecular formula is C26H40O4. The van der Waals surface area contributed by atoms with Crippen LogP contribution < -0.4 is 9.47 Å². The molecular weight excluding hydrogens is 376 g/mol. The van der Waals surface area contributed by atoms with E-state index in [0.29, 0.717) is 13.2 Å². The van der Waals surface area contributed by atoms with E-state index in [1.54, 1.807) is 0 Å². The zero-order valence-electron chi connectivity index (χ0n) is 18.8. The molecule has 2 unspecified atom stereocenters. The van der Waals surface area contributed by atoms with Gasteiger partial charge in [-0.05, 0) is 25.0 Å². The quantitative estimate of drug-likeness (QED) is 0.317. The fourth-order valence-corrected chi connectivity index (χ4v) is 3.65. The maximum absolute atomic E-state index is 10.2. The second-order valence-electron chi connectivity index (χ2n) is 8.24. The van der Waals surface area contributed by atoms with Gasteiger partial charge in [-0.25, -0.2) is 0 Å². The molecule has 4 heteroatoms. The zero-order chi connectivity index (χ0) is 21.6. The first kappa shape index (κ1) is 24.5. The van der Waals surface area contributed by atoms with Crippen LogP contribution in [-0.2, 0) is 0 Å². The average Bonchev–Trinajstić information content (AvgIpc) is 2.77. The summed E-state index contributed by atoms with van der Waals surface area (Å²) in [5.74, 6) is 1.51. The molecule has 0 spiro atoms. The summed E-state index contributed by atoms with van der Waals surface area (Å²) in [6.07, 6.45) is 9.87. The molecule has 0 saturated heterocycles. The van der Waals surface area contributed by atoms with Crippen LogP contribution in [0.5, 0.6) is 11.5 Å². The van der Waals surface area contributed by atoms with Crippen molar-refractivity contribution in [1.82, 2.24) is 0 Å². The molecule has 168 valence electrons. The lowest BCUT2D eigenvalue weighted by atomic mass is 10.1. The highest BCUT2D eigenvalue weighted by Crippen LogP contribution is 2.33. The largest absolute Gasteiger partial charge is 0.490 e. The van der Waals surface area contributed by atoms with Crippen LogP contribution in [0, 0.1) is 0 Å². The van der Waals surface area contributed by atoms with Crippen molar-refractivity contribution in [2.75, 3.05) is 13.2 Å². The van der Waals surface area contributed by atoms with Gasteiger partial charge in [0, 0.05) is 10.8 Å². The third-order valence-electron chi connectivity index (χ3n) is 5.49. The van der Waals surface area contributed by atoms with Crippen molar-refractivity contribution in [2.24, 2.45) is 0 Å². The number of hydrogen-bond donors (Lipinski definition) is 2. The molecule has 0 fully saturated rings. The topological polar surface area (TPSA) is 58.9 Å². The Balaban J connectivity index is 1.91. The van der Waals surface area contributed by atoms with Crippen molar-refractivity contribution >= 4 is 10.8 Å². The molecule has 0 aliphatic carbocycles. The molecule has 2 aromatic carbocycles. The molecule has 0 amide bonds. The Morgan fingerprint density at radius 1 is 0.633 bits per heavy atom. The number of benzene rings is 2. The van der Waals surface area contributed by atoms with E-state index in [1.807, 2.05) is 36.4 Å². The predicted octanol–water partition coefficient (Wildman–Crippen LogP) is 6.26. The third kappa shape index (κ3) is 8.53. The molecule has 2 rings (SSSR count). The van der Waals surface area contributed by atoms with Crippen LogP contribution in [0.2, 0.25) is 0 Å². The van der Waals surface area contributed by atoms with E-state index in [1.165, 1.54) is 25.7 Å². The number of aliphatic hydroxyl groups is 2. The number of aliphatic hydroxyl groups excluding tert-OH is 2. The highest BCUT2D eigenvalue weighted by molar-refractivity contribution is 5.93. The van der Waals surface area contributed by atoms with E-state index < -0.39 is 12.2 Å². The van der Waals surface area contributed by atoms with Crippen LogP contribution in [0.25, 0.3) is 10.8 Å². The number of rotatable bonds is 16. The second-order valence-corrected chi connectivity index (χ2v) is 8.24. The summed E-state index contributed by atoms with van der Waals surface area (Å²) in [5.41, 5.74) is 0. The smallest absolute Gasteiger partial charge is 0.127 e. The molecule has 30 heavy (non-hydrogen) atoms. The first-order valence-electron chi connectivity index (χ1n) is 11.8. The van der Waals surface area contributed by atoms with E-state index in [0.717, 1.165) is 60.8 Å². The molecule has 2 N–H and O–H groups in total. The summed E-state index contributed by atoms with van der Waals surface area (Å²) in [7, 11) is 0. The minimum atomic E-state index is -0.445. The maximum atomic E-state index is 10.2. The fraction of sp³-hybridized carbons (Fsp3) is 0.615. The lowest BCUT2D eigenvalue weighted by Crippen LogP contribution is -2.18. The van der Waals surface area contributed by atoms with Gasteiger partial charge in [0.25, 0.3) is 0 Å². The molecule has 2 atom stereocenters.